The van der Waals surface area contributed by atoms with Crippen molar-refractivity contribution in [2.24, 2.45) is 5.41 Å². The first kappa shape index (κ1) is 27.0. The highest BCUT2D eigenvalue weighted by atomic mass is 32.1. The highest BCUT2D eigenvalue weighted by molar-refractivity contribution is 7.13. The summed E-state index contributed by atoms with van der Waals surface area (Å²) in [5.74, 6) is 0.170. The fraction of sp³-hybridized carbons (Fsp3) is 0.560. The number of aldehydes is 1. The first-order chi connectivity index (χ1) is 14.6. The van der Waals surface area contributed by atoms with Crippen LogP contribution in [0.4, 0.5) is 0 Å². The average molecular weight is 447 g/mol. The molecule has 1 unspecified atom stereocenters. The van der Waals surface area contributed by atoms with Crippen LogP contribution in [-0.4, -0.2) is 46.4 Å². The van der Waals surface area contributed by atoms with Crippen LogP contribution in [0.2, 0.25) is 0 Å². The number of carbonyl (C=O) groups is 2. The van der Waals surface area contributed by atoms with E-state index >= 15 is 0 Å². The van der Waals surface area contributed by atoms with Crippen molar-refractivity contribution >= 4 is 23.5 Å². The molecule has 0 saturated carbocycles. The Bertz CT molecular complexity index is 794. The second kappa shape index (κ2) is 13.4. The molecule has 5 nitrogen and oxygen atoms in total. The van der Waals surface area contributed by atoms with Gasteiger partial charge in [-0.05, 0) is 43.2 Å². The third-order valence-electron chi connectivity index (χ3n) is 4.70. The van der Waals surface area contributed by atoms with E-state index in [4.69, 9.17) is 4.79 Å². The van der Waals surface area contributed by atoms with Crippen molar-refractivity contribution in [1.29, 1.82) is 0 Å². The predicted octanol–water partition coefficient (Wildman–Crippen LogP) is 5.29. The van der Waals surface area contributed by atoms with Gasteiger partial charge in [0, 0.05) is 19.5 Å². The van der Waals surface area contributed by atoms with Crippen LogP contribution >= 0.6 is 11.3 Å². The molecule has 1 amide bonds. The molecule has 1 N–H and O–H groups in total. The van der Waals surface area contributed by atoms with Gasteiger partial charge in [0.1, 0.15) is 6.29 Å². The van der Waals surface area contributed by atoms with Gasteiger partial charge in [-0.1, -0.05) is 58.4 Å². The number of β-amino-alcohol motifs (C(OH)–C–C–N with tert-alkyl or cyclic N) is 1. The lowest BCUT2D eigenvalue weighted by Crippen LogP contribution is -2.32. The van der Waals surface area contributed by atoms with Crippen LogP contribution in [0.25, 0.3) is 10.4 Å². The monoisotopic (exact) mass is 446 g/mol. The lowest BCUT2D eigenvalue weighted by atomic mass is 9.92. The zero-order chi connectivity index (χ0) is 23.4. The summed E-state index contributed by atoms with van der Waals surface area (Å²) in [5.41, 5.74) is 5.79. The normalized spacial score (nSPS) is 15.5. The molecule has 1 aliphatic rings. The van der Waals surface area contributed by atoms with Gasteiger partial charge < -0.3 is 14.8 Å². The summed E-state index contributed by atoms with van der Waals surface area (Å²) >= 11 is 1.71. The maximum Gasteiger partial charge on any atom is 0.223 e. The molecule has 1 saturated heterocycles. The summed E-state index contributed by atoms with van der Waals surface area (Å²) in [6, 6.07) is 8.84. The van der Waals surface area contributed by atoms with Gasteiger partial charge in [0.15, 0.2) is 0 Å². The Kier molecular flexibility index (Phi) is 11.6. The van der Waals surface area contributed by atoms with E-state index in [-0.39, 0.29) is 17.4 Å². The Morgan fingerprint density at radius 1 is 1.29 bits per heavy atom. The van der Waals surface area contributed by atoms with Crippen molar-refractivity contribution in [3.63, 3.8) is 0 Å². The molecule has 1 aromatic heterocycles. The standard InChI is InChI=1S/C13H15NS.C10H19NO2.C2H4O/c1-3-4-11-5-7-12(8-6-11)13-10(2)14-9-15-13;1-10(2,3)6-9(13)11-5-4-8(12)7-11;1-2-3/h5-9H,3-4H2,1-2H3;8,12H,4-7H2,1-3H3;2H,1H3. The number of nitrogens with zero attached hydrogens (tertiary/aromatic N) is 2. The van der Waals surface area contributed by atoms with E-state index in [1.165, 1.54) is 35.8 Å². The molecule has 0 aliphatic carbocycles. The van der Waals surface area contributed by atoms with Crippen LogP contribution in [0.3, 0.4) is 0 Å². The number of aliphatic hydroxyl groups is 1. The van der Waals surface area contributed by atoms with E-state index in [2.05, 4.69) is 63.9 Å². The van der Waals surface area contributed by atoms with Crippen LogP contribution in [0.15, 0.2) is 29.8 Å². The lowest BCUT2D eigenvalue weighted by Gasteiger charge is -2.22. The van der Waals surface area contributed by atoms with Crippen molar-refractivity contribution in [3.05, 3.63) is 41.0 Å². The van der Waals surface area contributed by atoms with Crippen LogP contribution < -0.4 is 0 Å². The van der Waals surface area contributed by atoms with Gasteiger partial charge in [0.05, 0.1) is 22.2 Å². The molecule has 0 bridgehead atoms. The van der Waals surface area contributed by atoms with Crippen LogP contribution in [0, 0.1) is 12.3 Å². The van der Waals surface area contributed by atoms with Crippen LogP contribution in [0.5, 0.6) is 0 Å². The number of benzene rings is 1. The zero-order valence-corrected chi connectivity index (χ0v) is 20.7. The van der Waals surface area contributed by atoms with E-state index in [1.54, 1.807) is 16.2 Å². The average Bonchev–Trinajstić information content (AvgIpc) is 3.31. The third kappa shape index (κ3) is 10.2. The first-order valence-corrected chi connectivity index (χ1v) is 11.8. The molecule has 0 spiro atoms. The Hall–Kier alpha value is -2.05. The minimum atomic E-state index is -0.302. The number of rotatable bonds is 4. The van der Waals surface area contributed by atoms with Gasteiger partial charge in [-0.15, -0.1) is 11.3 Å². The maximum absolute atomic E-state index is 11.6. The van der Waals surface area contributed by atoms with Crippen molar-refractivity contribution < 1.29 is 14.7 Å². The van der Waals surface area contributed by atoms with Crippen molar-refractivity contribution in [2.45, 2.75) is 73.3 Å². The second-order valence-corrected chi connectivity index (χ2v) is 9.82. The predicted molar refractivity (Wildman–Crippen MR) is 129 cm³/mol. The highest BCUT2D eigenvalue weighted by Crippen LogP contribution is 2.27. The van der Waals surface area contributed by atoms with Gasteiger partial charge in [0.25, 0.3) is 0 Å². The molecular weight excluding hydrogens is 408 g/mol. The largest absolute Gasteiger partial charge is 0.391 e. The number of hydrogen-bond donors (Lipinski definition) is 1. The smallest absolute Gasteiger partial charge is 0.223 e. The van der Waals surface area contributed by atoms with E-state index in [0.717, 1.165) is 24.9 Å². The molecule has 31 heavy (non-hydrogen) atoms. The van der Waals surface area contributed by atoms with Gasteiger partial charge in [-0.2, -0.15) is 0 Å². The number of aromatic nitrogens is 1. The third-order valence-corrected chi connectivity index (χ3v) is 5.68. The second-order valence-electron chi connectivity index (χ2n) is 8.97. The SMILES string of the molecule is CC(C)(C)CC(=O)N1CCC(O)C1.CC=O.CCCc1ccc(-c2scnc2C)cc1. The molecule has 2 aromatic rings. The topological polar surface area (TPSA) is 70.5 Å². The Morgan fingerprint density at radius 2 is 1.90 bits per heavy atom. The lowest BCUT2D eigenvalue weighted by molar-refractivity contribution is -0.132. The number of thiazole rings is 1. The Labute approximate surface area is 191 Å². The molecular formula is C25H38N2O3S. The van der Waals surface area contributed by atoms with Crippen LogP contribution in [-0.2, 0) is 16.0 Å². The number of likely N-dealkylation sites (tertiary alicyclic amines) is 1. The molecule has 1 aliphatic heterocycles. The summed E-state index contributed by atoms with van der Waals surface area (Å²) in [5, 5.41) is 9.25. The molecule has 6 heteroatoms. The number of amides is 1. The fourth-order valence-corrected chi connectivity index (χ4v) is 4.04. The summed E-state index contributed by atoms with van der Waals surface area (Å²) in [4.78, 5) is 27.7. The zero-order valence-electron chi connectivity index (χ0n) is 19.9. The molecule has 172 valence electrons. The molecule has 1 fully saturated rings. The van der Waals surface area contributed by atoms with E-state index in [0.29, 0.717) is 13.0 Å². The van der Waals surface area contributed by atoms with Crippen molar-refractivity contribution in [2.75, 3.05) is 13.1 Å². The fourth-order valence-electron chi connectivity index (χ4n) is 3.22. The van der Waals surface area contributed by atoms with Gasteiger partial charge in [-0.25, -0.2) is 4.98 Å². The summed E-state index contributed by atoms with van der Waals surface area (Å²) < 4.78 is 0. The van der Waals surface area contributed by atoms with Gasteiger partial charge in [0.2, 0.25) is 5.91 Å². The van der Waals surface area contributed by atoms with Crippen molar-refractivity contribution in [3.8, 4) is 10.4 Å². The number of carbonyl (C=O) groups excluding carboxylic acids is 2. The number of aliphatic hydroxyl groups excluding tert-OH is 1. The maximum atomic E-state index is 11.6. The number of aryl methyl sites for hydroxylation is 2. The Balaban J connectivity index is 0.000000278. The van der Waals surface area contributed by atoms with E-state index in [1.807, 2.05) is 5.51 Å². The van der Waals surface area contributed by atoms with E-state index < -0.39 is 0 Å². The van der Waals surface area contributed by atoms with Gasteiger partial charge >= 0.3 is 0 Å². The summed E-state index contributed by atoms with van der Waals surface area (Å²) in [7, 11) is 0. The molecule has 3 rings (SSSR count). The molecule has 2 heterocycles. The Morgan fingerprint density at radius 3 is 2.32 bits per heavy atom. The minimum absolute atomic E-state index is 0.0463. The van der Waals surface area contributed by atoms with Gasteiger partial charge in [-0.3, -0.25) is 4.79 Å². The quantitative estimate of drug-likeness (QED) is 0.648. The van der Waals surface area contributed by atoms with E-state index in [9.17, 15) is 9.90 Å². The van der Waals surface area contributed by atoms with Crippen LogP contribution in [0.1, 0.15) is 65.1 Å². The summed E-state index contributed by atoms with van der Waals surface area (Å²) in [6.45, 7) is 13.1. The minimum Gasteiger partial charge on any atom is -0.391 e. The molecule has 1 aromatic carbocycles. The summed E-state index contributed by atoms with van der Waals surface area (Å²) in [6.07, 6.45) is 4.13. The van der Waals surface area contributed by atoms with Crippen molar-refractivity contribution in [1.82, 2.24) is 9.88 Å². The first-order valence-electron chi connectivity index (χ1n) is 11.0. The number of hydrogen-bond acceptors (Lipinski definition) is 5. The molecule has 1 atom stereocenters. The highest BCUT2D eigenvalue weighted by Gasteiger charge is 2.27. The molecule has 0 radical (unpaired) electrons.